The zero-order valence-electron chi connectivity index (χ0n) is 17.3. The van der Waals surface area contributed by atoms with E-state index in [1.807, 2.05) is 54.6 Å². The van der Waals surface area contributed by atoms with E-state index in [1.54, 1.807) is 19.9 Å². The van der Waals surface area contributed by atoms with E-state index in [-0.39, 0.29) is 18.6 Å². The molecule has 0 spiro atoms. The first-order chi connectivity index (χ1) is 14.6. The van der Waals surface area contributed by atoms with Crippen molar-refractivity contribution in [3.63, 3.8) is 0 Å². The van der Waals surface area contributed by atoms with Crippen molar-refractivity contribution in [3.05, 3.63) is 77.7 Å². The molecule has 3 rings (SSSR count). The third-order valence-electron chi connectivity index (χ3n) is 4.24. The predicted octanol–water partition coefficient (Wildman–Crippen LogP) is 5.39. The van der Waals surface area contributed by atoms with Gasteiger partial charge in [-0.15, -0.1) is 0 Å². The van der Waals surface area contributed by atoms with Crippen molar-refractivity contribution in [3.8, 4) is 0 Å². The maximum absolute atomic E-state index is 13.3. The summed E-state index contributed by atoms with van der Waals surface area (Å²) in [5.41, 5.74) is 2.37. The highest BCUT2D eigenvalue weighted by molar-refractivity contribution is 7.62. The zero-order valence-corrected chi connectivity index (χ0v) is 18.2. The van der Waals surface area contributed by atoms with Gasteiger partial charge in [0.2, 0.25) is 17.2 Å². The van der Waals surface area contributed by atoms with Gasteiger partial charge in [0.15, 0.2) is 0 Å². The summed E-state index contributed by atoms with van der Waals surface area (Å²) in [6.45, 7) is 4.60. The Bertz CT molecular complexity index is 977. The van der Waals surface area contributed by atoms with E-state index in [1.165, 1.54) is 5.56 Å². The van der Waals surface area contributed by atoms with E-state index >= 15 is 0 Å². The SMILES string of the molecule is CCOP(=O)(OCC)c1nc(C=Cc2ccccc2)oc1NCCc1ccccc1. The minimum atomic E-state index is -3.60. The van der Waals surface area contributed by atoms with Gasteiger partial charge in [0.1, 0.15) is 0 Å². The number of anilines is 1. The monoisotopic (exact) mass is 426 g/mol. The number of nitrogens with zero attached hydrogens (tertiary/aromatic N) is 1. The minimum absolute atomic E-state index is 0.173. The molecular formula is C23H27N2O4P. The van der Waals surface area contributed by atoms with Crippen LogP contribution in [-0.4, -0.2) is 24.7 Å². The van der Waals surface area contributed by atoms with Crippen LogP contribution in [0, 0.1) is 0 Å². The molecule has 1 heterocycles. The first-order valence-electron chi connectivity index (χ1n) is 10.1. The standard InChI is InChI=1S/C23H27N2O4P/c1-3-27-30(26,28-4-2)23-22(24-18-17-20-13-9-6-10-14-20)29-21(25-23)16-15-19-11-7-5-8-12-19/h5-16,24H,3-4,17-18H2,1-2H3. The molecule has 0 radical (unpaired) electrons. The molecule has 30 heavy (non-hydrogen) atoms. The van der Waals surface area contributed by atoms with Crippen molar-refractivity contribution >= 4 is 31.1 Å². The Labute approximate surface area is 177 Å². The number of oxazole rings is 1. The third kappa shape index (κ3) is 5.92. The highest BCUT2D eigenvalue weighted by Crippen LogP contribution is 2.48. The normalized spacial score (nSPS) is 11.8. The van der Waals surface area contributed by atoms with Gasteiger partial charge in [0.25, 0.3) is 0 Å². The lowest BCUT2D eigenvalue weighted by atomic mass is 10.1. The molecule has 0 amide bonds. The number of rotatable bonds is 11. The first-order valence-corrected chi connectivity index (χ1v) is 11.6. The topological polar surface area (TPSA) is 73.6 Å². The van der Waals surface area contributed by atoms with Crippen LogP contribution in [0.1, 0.15) is 30.9 Å². The van der Waals surface area contributed by atoms with Crippen LogP contribution in [0.2, 0.25) is 0 Å². The summed E-state index contributed by atoms with van der Waals surface area (Å²) in [5.74, 6) is 0.638. The van der Waals surface area contributed by atoms with Gasteiger partial charge in [0.05, 0.1) is 13.2 Å². The number of nitrogens with one attached hydrogen (secondary N) is 1. The summed E-state index contributed by atoms with van der Waals surface area (Å²) in [7, 11) is -3.60. The zero-order chi connectivity index (χ0) is 21.2. The van der Waals surface area contributed by atoms with E-state index < -0.39 is 7.60 Å². The summed E-state index contributed by atoms with van der Waals surface area (Å²) in [6, 6.07) is 19.9. The van der Waals surface area contributed by atoms with Gasteiger partial charge < -0.3 is 18.8 Å². The van der Waals surface area contributed by atoms with Crippen LogP contribution in [-0.2, 0) is 20.0 Å². The molecule has 0 aliphatic rings. The molecule has 0 aliphatic heterocycles. The molecule has 6 nitrogen and oxygen atoms in total. The van der Waals surface area contributed by atoms with Crippen LogP contribution >= 0.6 is 7.60 Å². The molecule has 7 heteroatoms. The summed E-state index contributed by atoms with van der Waals surface area (Å²) in [6.07, 6.45) is 4.41. The molecule has 0 saturated carbocycles. The highest BCUT2D eigenvalue weighted by atomic mass is 31.2. The molecule has 0 bridgehead atoms. The fourth-order valence-electron chi connectivity index (χ4n) is 2.90. The predicted molar refractivity (Wildman–Crippen MR) is 121 cm³/mol. The molecule has 158 valence electrons. The van der Waals surface area contributed by atoms with Crippen LogP contribution in [0.15, 0.2) is 65.1 Å². The molecule has 0 unspecified atom stereocenters. The Morgan fingerprint density at radius 3 is 2.23 bits per heavy atom. The maximum Gasteiger partial charge on any atom is 0.385 e. The largest absolute Gasteiger partial charge is 0.420 e. The van der Waals surface area contributed by atoms with Crippen molar-refractivity contribution in [1.29, 1.82) is 0 Å². The molecule has 0 aliphatic carbocycles. The van der Waals surface area contributed by atoms with E-state index in [0.29, 0.717) is 18.3 Å². The van der Waals surface area contributed by atoms with Crippen molar-refractivity contribution < 1.29 is 18.0 Å². The molecule has 0 fully saturated rings. The Morgan fingerprint density at radius 2 is 1.60 bits per heavy atom. The van der Waals surface area contributed by atoms with Crippen molar-refractivity contribution in [2.45, 2.75) is 20.3 Å². The Hall–Kier alpha value is -2.66. The van der Waals surface area contributed by atoms with Gasteiger partial charge in [-0.2, -0.15) is 4.98 Å². The number of benzene rings is 2. The van der Waals surface area contributed by atoms with Crippen molar-refractivity contribution in [1.82, 2.24) is 4.98 Å². The Kier molecular flexibility index (Phi) is 8.03. The second-order valence-corrected chi connectivity index (χ2v) is 8.38. The number of hydrogen-bond acceptors (Lipinski definition) is 6. The minimum Gasteiger partial charge on any atom is -0.420 e. The van der Waals surface area contributed by atoms with E-state index in [4.69, 9.17) is 13.5 Å². The second kappa shape index (κ2) is 10.9. The molecule has 0 saturated heterocycles. The lowest BCUT2D eigenvalue weighted by Gasteiger charge is -2.15. The number of hydrogen-bond donors (Lipinski definition) is 1. The Balaban J connectivity index is 1.84. The van der Waals surface area contributed by atoms with Gasteiger partial charge in [-0.1, -0.05) is 60.7 Å². The van der Waals surface area contributed by atoms with E-state index in [2.05, 4.69) is 22.4 Å². The van der Waals surface area contributed by atoms with E-state index in [9.17, 15) is 4.57 Å². The van der Waals surface area contributed by atoms with Crippen LogP contribution < -0.4 is 10.8 Å². The second-order valence-electron chi connectivity index (χ2n) is 6.44. The van der Waals surface area contributed by atoms with Crippen LogP contribution in [0.25, 0.3) is 12.2 Å². The van der Waals surface area contributed by atoms with Crippen LogP contribution in [0.4, 0.5) is 5.88 Å². The molecule has 1 aromatic heterocycles. The van der Waals surface area contributed by atoms with Gasteiger partial charge in [-0.25, -0.2) is 0 Å². The molecule has 3 aromatic rings. The Morgan fingerprint density at radius 1 is 0.967 bits per heavy atom. The van der Waals surface area contributed by atoms with Gasteiger partial charge >= 0.3 is 7.60 Å². The lowest BCUT2D eigenvalue weighted by Crippen LogP contribution is -2.17. The highest BCUT2D eigenvalue weighted by Gasteiger charge is 2.35. The smallest absolute Gasteiger partial charge is 0.385 e. The van der Waals surface area contributed by atoms with Gasteiger partial charge in [-0.05, 0) is 37.5 Å². The summed E-state index contributed by atoms with van der Waals surface area (Å²) in [5, 5.41) is 3.21. The average Bonchev–Trinajstić information content (AvgIpc) is 3.18. The quantitative estimate of drug-likeness (QED) is 0.415. The van der Waals surface area contributed by atoms with E-state index in [0.717, 1.165) is 12.0 Å². The van der Waals surface area contributed by atoms with Gasteiger partial charge in [0, 0.05) is 12.6 Å². The van der Waals surface area contributed by atoms with Crippen molar-refractivity contribution in [2.24, 2.45) is 0 Å². The molecule has 1 N–H and O–H groups in total. The molecular weight excluding hydrogens is 399 g/mol. The van der Waals surface area contributed by atoms with Crippen molar-refractivity contribution in [2.75, 3.05) is 25.1 Å². The van der Waals surface area contributed by atoms with Crippen LogP contribution in [0.5, 0.6) is 0 Å². The lowest BCUT2D eigenvalue weighted by molar-refractivity contribution is 0.229. The number of aromatic nitrogens is 1. The fourth-order valence-corrected chi connectivity index (χ4v) is 4.49. The summed E-state index contributed by atoms with van der Waals surface area (Å²) < 4.78 is 30.2. The van der Waals surface area contributed by atoms with Crippen LogP contribution in [0.3, 0.4) is 0 Å². The third-order valence-corrected chi connectivity index (χ3v) is 6.26. The first kappa shape index (κ1) is 22.0. The summed E-state index contributed by atoms with van der Waals surface area (Å²) >= 11 is 0. The average molecular weight is 426 g/mol. The fraction of sp³-hybridized carbons (Fsp3) is 0.261. The van der Waals surface area contributed by atoms with Gasteiger partial charge in [-0.3, -0.25) is 4.57 Å². The summed E-state index contributed by atoms with van der Waals surface area (Å²) in [4.78, 5) is 4.43. The molecule has 0 atom stereocenters. The maximum atomic E-state index is 13.3. The molecule has 2 aromatic carbocycles.